The van der Waals surface area contributed by atoms with Crippen molar-refractivity contribution >= 4 is 40.7 Å². The smallest absolute Gasteiger partial charge is 0.251 e. The van der Waals surface area contributed by atoms with E-state index < -0.39 is 0 Å². The molecular formula is C20H22Cl2N2O3. The fourth-order valence-corrected chi connectivity index (χ4v) is 2.74. The SMILES string of the molecule is CCCNC(=O)c1ccc(NC(=O)CCCOc2ccc(Cl)cc2Cl)cc1. The number of rotatable bonds is 9. The van der Waals surface area contributed by atoms with Crippen LogP contribution in [0.4, 0.5) is 5.69 Å². The molecule has 7 heteroatoms. The maximum absolute atomic E-state index is 12.0. The summed E-state index contributed by atoms with van der Waals surface area (Å²) in [5, 5.41) is 6.59. The first-order valence-corrected chi connectivity index (χ1v) is 9.51. The fourth-order valence-electron chi connectivity index (χ4n) is 2.28. The van der Waals surface area contributed by atoms with Gasteiger partial charge in [-0.2, -0.15) is 0 Å². The van der Waals surface area contributed by atoms with Gasteiger partial charge in [0.1, 0.15) is 5.75 Å². The molecule has 0 saturated heterocycles. The van der Waals surface area contributed by atoms with Crippen LogP contribution >= 0.6 is 23.2 Å². The molecule has 144 valence electrons. The molecule has 0 unspecified atom stereocenters. The van der Waals surface area contributed by atoms with E-state index in [2.05, 4.69) is 10.6 Å². The van der Waals surface area contributed by atoms with Crippen molar-refractivity contribution in [2.24, 2.45) is 0 Å². The Labute approximate surface area is 169 Å². The van der Waals surface area contributed by atoms with E-state index in [1.165, 1.54) is 0 Å². The third-order valence-electron chi connectivity index (χ3n) is 3.67. The Morgan fingerprint density at radius 1 is 1.07 bits per heavy atom. The van der Waals surface area contributed by atoms with E-state index in [-0.39, 0.29) is 11.8 Å². The second-order valence-electron chi connectivity index (χ2n) is 5.91. The van der Waals surface area contributed by atoms with Crippen molar-refractivity contribution in [1.29, 1.82) is 0 Å². The highest BCUT2D eigenvalue weighted by Gasteiger charge is 2.07. The van der Waals surface area contributed by atoms with Crippen LogP contribution in [0.25, 0.3) is 0 Å². The number of carbonyl (C=O) groups is 2. The van der Waals surface area contributed by atoms with Gasteiger partial charge in [0.15, 0.2) is 0 Å². The summed E-state index contributed by atoms with van der Waals surface area (Å²) in [5.41, 5.74) is 1.21. The number of nitrogens with one attached hydrogen (secondary N) is 2. The molecule has 0 radical (unpaired) electrons. The van der Waals surface area contributed by atoms with Gasteiger partial charge in [0.2, 0.25) is 5.91 Å². The minimum Gasteiger partial charge on any atom is -0.492 e. The lowest BCUT2D eigenvalue weighted by molar-refractivity contribution is -0.116. The van der Waals surface area contributed by atoms with Crippen LogP contribution in [0.2, 0.25) is 10.0 Å². The third kappa shape index (κ3) is 7.12. The first kappa shape index (κ1) is 21.1. The topological polar surface area (TPSA) is 67.4 Å². The molecule has 2 amide bonds. The summed E-state index contributed by atoms with van der Waals surface area (Å²) in [7, 11) is 0. The van der Waals surface area contributed by atoms with Crippen molar-refractivity contribution in [1.82, 2.24) is 5.32 Å². The molecule has 0 fully saturated rings. The molecule has 2 aromatic rings. The third-order valence-corrected chi connectivity index (χ3v) is 4.20. The highest BCUT2D eigenvalue weighted by molar-refractivity contribution is 6.35. The van der Waals surface area contributed by atoms with Crippen LogP contribution in [0.15, 0.2) is 42.5 Å². The van der Waals surface area contributed by atoms with Crippen LogP contribution in [0.1, 0.15) is 36.5 Å². The van der Waals surface area contributed by atoms with E-state index in [0.717, 1.165) is 6.42 Å². The summed E-state index contributed by atoms with van der Waals surface area (Å²) in [4.78, 5) is 23.8. The van der Waals surface area contributed by atoms with Gasteiger partial charge in [0, 0.05) is 29.2 Å². The number of ether oxygens (including phenoxy) is 1. The van der Waals surface area contributed by atoms with Gasteiger partial charge >= 0.3 is 0 Å². The highest BCUT2D eigenvalue weighted by Crippen LogP contribution is 2.27. The molecule has 0 heterocycles. The predicted molar refractivity (Wildman–Crippen MR) is 109 cm³/mol. The van der Waals surface area contributed by atoms with Gasteiger partial charge < -0.3 is 15.4 Å². The molecule has 2 rings (SSSR count). The van der Waals surface area contributed by atoms with Crippen molar-refractivity contribution in [2.75, 3.05) is 18.5 Å². The first-order valence-electron chi connectivity index (χ1n) is 8.75. The summed E-state index contributed by atoms with van der Waals surface area (Å²) >= 11 is 11.9. The number of amides is 2. The quantitative estimate of drug-likeness (QED) is 0.577. The Kier molecular flexibility index (Phi) is 8.43. The van der Waals surface area contributed by atoms with Gasteiger partial charge in [0.25, 0.3) is 5.91 Å². The van der Waals surface area contributed by atoms with E-state index in [1.807, 2.05) is 6.92 Å². The van der Waals surface area contributed by atoms with Crippen LogP contribution in [0.5, 0.6) is 5.75 Å². The van der Waals surface area contributed by atoms with Crippen molar-refractivity contribution < 1.29 is 14.3 Å². The number of hydrogen-bond acceptors (Lipinski definition) is 3. The zero-order valence-electron chi connectivity index (χ0n) is 15.1. The molecule has 0 saturated carbocycles. The molecule has 0 aliphatic carbocycles. The maximum atomic E-state index is 12.0. The summed E-state index contributed by atoms with van der Waals surface area (Å²) in [6.45, 7) is 3.00. The lowest BCUT2D eigenvalue weighted by Gasteiger charge is -2.09. The molecule has 2 N–H and O–H groups in total. The summed E-state index contributed by atoms with van der Waals surface area (Å²) in [6.07, 6.45) is 1.74. The van der Waals surface area contributed by atoms with Gasteiger partial charge in [0.05, 0.1) is 11.6 Å². The molecule has 5 nitrogen and oxygen atoms in total. The van der Waals surface area contributed by atoms with Crippen LogP contribution in [-0.4, -0.2) is 25.0 Å². The predicted octanol–water partition coefficient (Wildman–Crippen LogP) is 4.93. The second-order valence-corrected chi connectivity index (χ2v) is 6.75. The Morgan fingerprint density at radius 3 is 2.48 bits per heavy atom. The second kappa shape index (κ2) is 10.8. The number of carbonyl (C=O) groups excluding carboxylic acids is 2. The molecule has 0 bridgehead atoms. The van der Waals surface area contributed by atoms with E-state index >= 15 is 0 Å². The monoisotopic (exact) mass is 408 g/mol. The lowest BCUT2D eigenvalue weighted by Crippen LogP contribution is -2.23. The Balaban J connectivity index is 1.73. The van der Waals surface area contributed by atoms with E-state index in [1.54, 1.807) is 42.5 Å². The number of anilines is 1. The molecule has 0 atom stereocenters. The molecule has 2 aromatic carbocycles. The van der Waals surface area contributed by atoms with Gasteiger partial charge in [-0.15, -0.1) is 0 Å². The van der Waals surface area contributed by atoms with Crippen LogP contribution < -0.4 is 15.4 Å². The largest absolute Gasteiger partial charge is 0.492 e. The standard InChI is InChI=1S/C20H22Cl2N2O3/c1-2-11-23-20(26)14-5-8-16(9-6-14)24-19(25)4-3-12-27-18-10-7-15(21)13-17(18)22/h5-10,13H,2-4,11-12H2,1H3,(H,23,26)(H,24,25). The van der Waals surface area contributed by atoms with Gasteiger partial charge in [-0.25, -0.2) is 0 Å². The molecular weight excluding hydrogens is 387 g/mol. The first-order chi connectivity index (χ1) is 13.0. The summed E-state index contributed by atoms with van der Waals surface area (Å²) in [5.74, 6) is 0.301. The van der Waals surface area contributed by atoms with Crippen molar-refractivity contribution in [3.05, 3.63) is 58.1 Å². The van der Waals surface area contributed by atoms with Crippen LogP contribution in [-0.2, 0) is 4.79 Å². The van der Waals surface area contributed by atoms with E-state index in [4.69, 9.17) is 27.9 Å². The minimum absolute atomic E-state index is 0.118. The number of benzene rings is 2. The van der Waals surface area contributed by atoms with Gasteiger partial charge in [-0.3, -0.25) is 9.59 Å². The van der Waals surface area contributed by atoms with Crippen molar-refractivity contribution in [3.8, 4) is 5.75 Å². The average molecular weight is 409 g/mol. The lowest BCUT2D eigenvalue weighted by atomic mass is 10.2. The van der Waals surface area contributed by atoms with E-state index in [9.17, 15) is 9.59 Å². The van der Waals surface area contributed by atoms with Gasteiger partial charge in [-0.1, -0.05) is 30.1 Å². The van der Waals surface area contributed by atoms with Crippen LogP contribution in [0.3, 0.4) is 0 Å². The van der Waals surface area contributed by atoms with Crippen LogP contribution in [0, 0.1) is 0 Å². The van der Waals surface area contributed by atoms with Gasteiger partial charge in [-0.05, 0) is 55.3 Å². The number of halogens is 2. The molecule has 0 aliphatic rings. The summed E-state index contributed by atoms with van der Waals surface area (Å²) < 4.78 is 5.55. The Morgan fingerprint density at radius 2 is 1.81 bits per heavy atom. The van der Waals surface area contributed by atoms with Crippen molar-refractivity contribution in [3.63, 3.8) is 0 Å². The molecule has 0 aromatic heterocycles. The molecule has 0 aliphatic heterocycles. The maximum Gasteiger partial charge on any atom is 0.251 e. The number of hydrogen-bond donors (Lipinski definition) is 2. The normalized spacial score (nSPS) is 10.3. The highest BCUT2D eigenvalue weighted by atomic mass is 35.5. The minimum atomic E-state index is -0.121. The molecule has 0 spiro atoms. The molecule has 27 heavy (non-hydrogen) atoms. The fraction of sp³-hybridized carbons (Fsp3) is 0.300. The Bertz CT molecular complexity index is 779. The Hall–Kier alpha value is -2.24. The summed E-state index contributed by atoms with van der Waals surface area (Å²) in [6, 6.07) is 11.8. The van der Waals surface area contributed by atoms with Crippen molar-refractivity contribution in [2.45, 2.75) is 26.2 Å². The zero-order valence-corrected chi connectivity index (χ0v) is 16.6. The van der Waals surface area contributed by atoms with E-state index in [0.29, 0.717) is 53.0 Å². The average Bonchev–Trinajstić information content (AvgIpc) is 2.65. The zero-order chi connectivity index (χ0) is 19.6.